The summed E-state index contributed by atoms with van der Waals surface area (Å²) in [7, 11) is 3.67. The highest BCUT2D eigenvalue weighted by atomic mass is 32.2. The lowest BCUT2D eigenvalue weighted by Gasteiger charge is -2.61. The standard InChI is InChI=1S/C14H22O2S2/c1-15-3-4-18-14-7-10-5-11(12(14)17)8-13(6-10,9-14)16-2/h10-11H,3-9H2,1-2H3. The number of hydrogen-bond acceptors (Lipinski definition) is 4. The Bertz CT molecular complexity index is 360. The molecule has 18 heavy (non-hydrogen) atoms. The van der Waals surface area contributed by atoms with Gasteiger partial charge in [0.15, 0.2) is 0 Å². The van der Waals surface area contributed by atoms with Gasteiger partial charge in [-0.05, 0) is 43.9 Å². The van der Waals surface area contributed by atoms with E-state index in [1.807, 2.05) is 18.9 Å². The van der Waals surface area contributed by atoms with Crippen LogP contribution in [0.2, 0.25) is 0 Å². The van der Waals surface area contributed by atoms with Gasteiger partial charge in [0, 0.05) is 24.8 Å². The largest absolute Gasteiger partial charge is 0.384 e. The van der Waals surface area contributed by atoms with Gasteiger partial charge in [0.25, 0.3) is 0 Å². The Morgan fingerprint density at radius 1 is 1.33 bits per heavy atom. The van der Waals surface area contributed by atoms with Gasteiger partial charge in [0.05, 0.1) is 17.0 Å². The van der Waals surface area contributed by atoms with E-state index in [4.69, 9.17) is 21.7 Å². The molecule has 4 heteroatoms. The number of thiocarbonyl (C=S) groups is 1. The monoisotopic (exact) mass is 286 g/mol. The first-order valence-electron chi connectivity index (χ1n) is 6.85. The Hall–Kier alpha value is 0.360. The van der Waals surface area contributed by atoms with E-state index in [2.05, 4.69) is 0 Å². The van der Waals surface area contributed by atoms with Gasteiger partial charge in [-0.1, -0.05) is 12.2 Å². The minimum absolute atomic E-state index is 0.133. The van der Waals surface area contributed by atoms with Crippen molar-refractivity contribution in [3.05, 3.63) is 0 Å². The van der Waals surface area contributed by atoms with Crippen LogP contribution in [0.4, 0.5) is 0 Å². The molecule has 4 atom stereocenters. The van der Waals surface area contributed by atoms with Crippen molar-refractivity contribution in [1.29, 1.82) is 0 Å². The summed E-state index contributed by atoms with van der Waals surface area (Å²) >= 11 is 7.85. The van der Waals surface area contributed by atoms with Crippen LogP contribution in [-0.2, 0) is 9.47 Å². The van der Waals surface area contributed by atoms with Gasteiger partial charge in [-0.25, -0.2) is 0 Å². The molecule has 0 spiro atoms. The second-order valence-corrected chi connectivity index (χ2v) is 8.09. The zero-order valence-electron chi connectivity index (χ0n) is 11.2. The van der Waals surface area contributed by atoms with Crippen molar-refractivity contribution in [3.63, 3.8) is 0 Å². The molecule has 0 saturated heterocycles. The van der Waals surface area contributed by atoms with Gasteiger partial charge in [0.2, 0.25) is 0 Å². The molecule has 0 aliphatic heterocycles. The maximum absolute atomic E-state index is 5.93. The van der Waals surface area contributed by atoms with Crippen LogP contribution in [0.3, 0.4) is 0 Å². The normalized spacial score (nSPS) is 45.8. The van der Waals surface area contributed by atoms with Crippen LogP contribution in [0.5, 0.6) is 0 Å². The van der Waals surface area contributed by atoms with Crippen molar-refractivity contribution in [1.82, 2.24) is 0 Å². The van der Waals surface area contributed by atoms with Gasteiger partial charge in [-0.2, -0.15) is 0 Å². The predicted molar refractivity (Wildman–Crippen MR) is 79.5 cm³/mol. The van der Waals surface area contributed by atoms with E-state index in [0.29, 0.717) is 5.92 Å². The molecule has 0 N–H and O–H groups in total. The summed E-state index contributed by atoms with van der Waals surface area (Å²) in [5.74, 6) is 2.52. The summed E-state index contributed by atoms with van der Waals surface area (Å²) < 4.78 is 11.3. The van der Waals surface area contributed by atoms with E-state index in [1.165, 1.54) is 30.5 Å². The molecule has 0 aromatic rings. The molecule has 4 rings (SSSR count). The van der Waals surface area contributed by atoms with E-state index < -0.39 is 0 Å². The van der Waals surface area contributed by atoms with Crippen LogP contribution in [-0.4, -0.2) is 41.8 Å². The molecular weight excluding hydrogens is 264 g/mol. The zero-order valence-corrected chi connectivity index (χ0v) is 12.9. The highest BCUT2D eigenvalue weighted by molar-refractivity contribution is 8.02. The number of thioether (sulfide) groups is 1. The minimum atomic E-state index is 0.133. The van der Waals surface area contributed by atoms with Crippen molar-refractivity contribution < 1.29 is 9.47 Å². The molecule has 2 nitrogen and oxygen atoms in total. The van der Waals surface area contributed by atoms with E-state index in [0.717, 1.165) is 24.7 Å². The summed E-state index contributed by atoms with van der Waals surface area (Å²) in [5, 5.41) is 0. The quantitative estimate of drug-likeness (QED) is 0.571. The second-order valence-electron chi connectivity index (χ2n) is 6.17. The van der Waals surface area contributed by atoms with Crippen LogP contribution in [0.25, 0.3) is 0 Å². The van der Waals surface area contributed by atoms with Crippen LogP contribution in [0.15, 0.2) is 0 Å². The SMILES string of the molecule is COCCSC12CC3CC(CC(OC)(C3)C1)C2=S. The lowest BCUT2D eigenvalue weighted by molar-refractivity contribution is -0.103. The van der Waals surface area contributed by atoms with E-state index in [-0.39, 0.29) is 10.3 Å². The molecule has 0 radical (unpaired) electrons. The highest BCUT2D eigenvalue weighted by Gasteiger charge is 2.60. The van der Waals surface area contributed by atoms with Gasteiger partial charge in [-0.3, -0.25) is 0 Å². The Morgan fingerprint density at radius 3 is 2.89 bits per heavy atom. The Kier molecular flexibility index (Phi) is 3.50. The fraction of sp³-hybridized carbons (Fsp3) is 0.929. The molecule has 4 bridgehead atoms. The minimum Gasteiger partial charge on any atom is -0.384 e. The molecule has 4 unspecified atom stereocenters. The van der Waals surface area contributed by atoms with Crippen molar-refractivity contribution in [3.8, 4) is 0 Å². The molecule has 0 heterocycles. The first-order chi connectivity index (χ1) is 8.63. The van der Waals surface area contributed by atoms with Crippen molar-refractivity contribution >= 4 is 28.8 Å². The fourth-order valence-electron chi connectivity index (χ4n) is 4.49. The van der Waals surface area contributed by atoms with Crippen molar-refractivity contribution in [2.45, 2.75) is 42.5 Å². The number of ether oxygens (including phenoxy) is 2. The van der Waals surface area contributed by atoms with Crippen LogP contribution >= 0.6 is 24.0 Å². The fourth-order valence-corrected chi connectivity index (χ4v) is 6.67. The van der Waals surface area contributed by atoms with Gasteiger partial charge < -0.3 is 9.47 Å². The van der Waals surface area contributed by atoms with Crippen LogP contribution in [0, 0.1) is 11.8 Å². The molecule has 0 amide bonds. The molecule has 4 aliphatic carbocycles. The Labute approximate surface area is 119 Å². The van der Waals surface area contributed by atoms with Crippen molar-refractivity contribution in [2.75, 3.05) is 26.6 Å². The molecule has 4 saturated carbocycles. The number of rotatable bonds is 5. The third kappa shape index (κ3) is 1.96. The molecular formula is C14H22O2S2. The topological polar surface area (TPSA) is 18.5 Å². The maximum atomic E-state index is 5.93. The van der Waals surface area contributed by atoms with Gasteiger partial charge in [-0.15, -0.1) is 11.8 Å². The summed E-state index contributed by atoms with van der Waals surface area (Å²) in [6.45, 7) is 0.824. The third-order valence-corrected chi connectivity index (χ3v) is 7.35. The second kappa shape index (κ2) is 4.72. The van der Waals surface area contributed by atoms with Crippen LogP contribution < -0.4 is 0 Å². The summed E-state index contributed by atoms with van der Waals surface area (Å²) in [6.07, 6.45) is 6.16. The average molecular weight is 286 g/mol. The lowest BCUT2D eigenvalue weighted by atomic mass is 9.53. The Morgan fingerprint density at radius 2 is 2.17 bits per heavy atom. The smallest absolute Gasteiger partial charge is 0.0704 e. The van der Waals surface area contributed by atoms with E-state index >= 15 is 0 Å². The van der Waals surface area contributed by atoms with Crippen molar-refractivity contribution in [2.24, 2.45) is 11.8 Å². The van der Waals surface area contributed by atoms with E-state index in [1.54, 1.807) is 7.11 Å². The Balaban J connectivity index is 1.82. The first kappa shape index (κ1) is 13.3. The average Bonchev–Trinajstić information content (AvgIpc) is 2.35. The summed E-state index contributed by atoms with van der Waals surface area (Å²) in [4.78, 5) is 1.34. The van der Waals surface area contributed by atoms with Crippen LogP contribution in [0.1, 0.15) is 32.1 Å². The number of hydrogen-bond donors (Lipinski definition) is 0. The third-order valence-electron chi connectivity index (χ3n) is 5.04. The molecule has 102 valence electrons. The molecule has 4 aliphatic rings. The summed E-state index contributed by atoms with van der Waals surface area (Å²) in [5.41, 5.74) is 0.133. The maximum Gasteiger partial charge on any atom is 0.0704 e. The zero-order chi connectivity index (χ0) is 12.8. The molecule has 0 aromatic heterocycles. The predicted octanol–water partition coefficient (Wildman–Crippen LogP) is 3.08. The van der Waals surface area contributed by atoms with Gasteiger partial charge >= 0.3 is 0 Å². The van der Waals surface area contributed by atoms with E-state index in [9.17, 15) is 0 Å². The number of methoxy groups -OCH3 is 2. The van der Waals surface area contributed by atoms with Gasteiger partial charge in [0.1, 0.15) is 0 Å². The molecule has 0 aromatic carbocycles. The summed E-state index contributed by atoms with van der Waals surface area (Å²) in [6, 6.07) is 0. The first-order valence-corrected chi connectivity index (χ1v) is 8.25. The molecule has 4 fully saturated rings. The highest BCUT2D eigenvalue weighted by Crippen LogP contribution is 2.61. The lowest BCUT2D eigenvalue weighted by Crippen LogP contribution is -2.63.